The highest BCUT2D eigenvalue weighted by atomic mass is 35.5. The number of morpholine rings is 1. The molecule has 1 aliphatic rings. The van der Waals surface area contributed by atoms with Crippen LogP contribution in [0.3, 0.4) is 0 Å². The summed E-state index contributed by atoms with van der Waals surface area (Å²) in [4.78, 5) is 6.75. The topological polar surface area (TPSA) is 48.9 Å². The van der Waals surface area contributed by atoms with Gasteiger partial charge in [-0.15, -0.1) is 0 Å². The Bertz CT molecular complexity index is 796. The third-order valence-corrected chi connectivity index (χ3v) is 5.18. The molecule has 5 nitrogen and oxygen atoms in total. The number of hydrogen-bond donors (Lipinski definition) is 2. The first-order valence-corrected chi connectivity index (χ1v) is 10.1. The zero-order valence-electron chi connectivity index (χ0n) is 16.6. The molecule has 1 fully saturated rings. The van der Waals surface area contributed by atoms with E-state index in [1.807, 2.05) is 24.3 Å². The fraction of sp³-hybridized carbons (Fsp3) is 0.409. The number of ether oxygens (including phenoxy) is 1. The predicted molar refractivity (Wildman–Crippen MR) is 116 cm³/mol. The normalized spacial score (nSPS) is 18.1. The van der Waals surface area contributed by atoms with Crippen LogP contribution < -0.4 is 10.6 Å². The van der Waals surface area contributed by atoms with E-state index in [4.69, 9.17) is 16.3 Å². The molecule has 2 aromatic carbocycles. The van der Waals surface area contributed by atoms with E-state index in [2.05, 4.69) is 51.7 Å². The van der Waals surface area contributed by atoms with Crippen molar-refractivity contribution in [3.05, 3.63) is 70.2 Å². The van der Waals surface area contributed by atoms with Crippen LogP contribution in [-0.2, 0) is 24.4 Å². The van der Waals surface area contributed by atoms with Gasteiger partial charge < -0.3 is 15.4 Å². The van der Waals surface area contributed by atoms with Gasteiger partial charge in [-0.25, -0.2) is 0 Å². The van der Waals surface area contributed by atoms with Crippen LogP contribution in [0.2, 0.25) is 5.02 Å². The van der Waals surface area contributed by atoms with Gasteiger partial charge in [0.15, 0.2) is 5.96 Å². The SMILES string of the molecule is CN=C(NCc1cccc(CN2CCOC(C)C2)c1)NCc1ccccc1Cl. The first-order chi connectivity index (χ1) is 13.6. The molecule has 6 heteroatoms. The fourth-order valence-corrected chi connectivity index (χ4v) is 3.56. The number of aliphatic imine (C=N–C) groups is 1. The van der Waals surface area contributed by atoms with Gasteiger partial charge in [0.2, 0.25) is 0 Å². The highest BCUT2D eigenvalue weighted by Crippen LogP contribution is 2.14. The zero-order valence-corrected chi connectivity index (χ0v) is 17.4. The van der Waals surface area contributed by atoms with Gasteiger partial charge in [-0.3, -0.25) is 9.89 Å². The second-order valence-electron chi connectivity index (χ2n) is 7.11. The minimum Gasteiger partial charge on any atom is -0.376 e. The van der Waals surface area contributed by atoms with Crippen LogP contribution in [-0.4, -0.2) is 43.7 Å². The summed E-state index contributed by atoms with van der Waals surface area (Å²) in [6, 6.07) is 16.5. The zero-order chi connectivity index (χ0) is 19.8. The Balaban J connectivity index is 1.51. The smallest absolute Gasteiger partial charge is 0.191 e. The van der Waals surface area contributed by atoms with Crippen molar-refractivity contribution in [1.82, 2.24) is 15.5 Å². The number of nitrogens with one attached hydrogen (secondary N) is 2. The Morgan fingerprint density at radius 2 is 1.93 bits per heavy atom. The first-order valence-electron chi connectivity index (χ1n) is 9.73. The Morgan fingerprint density at radius 1 is 1.14 bits per heavy atom. The molecule has 2 N–H and O–H groups in total. The monoisotopic (exact) mass is 400 g/mol. The Hall–Kier alpha value is -2.08. The molecule has 1 aliphatic heterocycles. The van der Waals surface area contributed by atoms with E-state index in [1.165, 1.54) is 11.1 Å². The lowest BCUT2D eigenvalue weighted by Gasteiger charge is -2.31. The molecule has 1 atom stereocenters. The predicted octanol–water partition coefficient (Wildman–Crippen LogP) is 3.43. The van der Waals surface area contributed by atoms with E-state index in [0.717, 1.165) is 49.3 Å². The molecule has 1 unspecified atom stereocenters. The summed E-state index contributed by atoms with van der Waals surface area (Å²) in [5, 5.41) is 7.45. The van der Waals surface area contributed by atoms with Gasteiger partial charge in [-0.2, -0.15) is 0 Å². The Morgan fingerprint density at radius 3 is 2.71 bits per heavy atom. The lowest BCUT2D eigenvalue weighted by Crippen LogP contribution is -2.40. The number of halogens is 1. The fourth-order valence-electron chi connectivity index (χ4n) is 3.36. The molecule has 0 spiro atoms. The van der Waals surface area contributed by atoms with Crippen LogP contribution in [0.25, 0.3) is 0 Å². The summed E-state index contributed by atoms with van der Waals surface area (Å²) in [5.74, 6) is 0.757. The molecular formula is C22H29ClN4O. The molecule has 1 heterocycles. The average Bonchev–Trinajstić information content (AvgIpc) is 2.70. The highest BCUT2D eigenvalue weighted by molar-refractivity contribution is 6.31. The standard InChI is InChI=1S/C22H29ClN4O/c1-17-15-27(10-11-28-17)16-19-7-5-6-18(12-19)13-25-22(24-2)26-14-20-8-3-4-9-21(20)23/h3-9,12,17H,10-11,13-16H2,1-2H3,(H2,24,25,26). The maximum Gasteiger partial charge on any atom is 0.191 e. The van der Waals surface area contributed by atoms with Crippen molar-refractivity contribution in [3.8, 4) is 0 Å². The van der Waals surface area contributed by atoms with Crippen LogP contribution in [0.5, 0.6) is 0 Å². The second kappa shape index (κ2) is 10.5. The summed E-state index contributed by atoms with van der Waals surface area (Å²) in [7, 11) is 1.78. The molecule has 2 aromatic rings. The molecule has 28 heavy (non-hydrogen) atoms. The van der Waals surface area contributed by atoms with Crippen LogP contribution in [0.4, 0.5) is 0 Å². The summed E-state index contributed by atoms with van der Waals surface area (Å²) in [6.45, 7) is 7.24. The van der Waals surface area contributed by atoms with Gasteiger partial charge in [0.05, 0.1) is 12.7 Å². The van der Waals surface area contributed by atoms with Gasteiger partial charge in [0.1, 0.15) is 0 Å². The van der Waals surface area contributed by atoms with Crippen LogP contribution in [0, 0.1) is 0 Å². The quantitative estimate of drug-likeness (QED) is 0.576. The highest BCUT2D eigenvalue weighted by Gasteiger charge is 2.16. The van der Waals surface area contributed by atoms with Crippen molar-refractivity contribution in [3.63, 3.8) is 0 Å². The minimum atomic E-state index is 0.311. The molecule has 3 rings (SSSR count). The molecule has 0 bridgehead atoms. The van der Waals surface area contributed by atoms with Crippen molar-refractivity contribution >= 4 is 17.6 Å². The molecular weight excluding hydrogens is 372 g/mol. The molecule has 150 valence electrons. The molecule has 1 saturated heterocycles. The van der Waals surface area contributed by atoms with E-state index in [9.17, 15) is 0 Å². The van der Waals surface area contributed by atoms with E-state index < -0.39 is 0 Å². The third kappa shape index (κ3) is 6.23. The summed E-state index contributed by atoms with van der Waals surface area (Å²) in [5.41, 5.74) is 3.61. The second-order valence-corrected chi connectivity index (χ2v) is 7.51. The number of nitrogens with zero attached hydrogens (tertiary/aromatic N) is 2. The van der Waals surface area contributed by atoms with Gasteiger partial charge >= 0.3 is 0 Å². The molecule has 0 saturated carbocycles. The van der Waals surface area contributed by atoms with Crippen LogP contribution >= 0.6 is 11.6 Å². The molecule has 0 amide bonds. The largest absolute Gasteiger partial charge is 0.376 e. The third-order valence-electron chi connectivity index (χ3n) is 4.81. The number of benzene rings is 2. The minimum absolute atomic E-state index is 0.311. The van der Waals surface area contributed by atoms with Gasteiger partial charge in [0.25, 0.3) is 0 Å². The summed E-state index contributed by atoms with van der Waals surface area (Å²) in [6.07, 6.45) is 0.311. The van der Waals surface area contributed by atoms with E-state index in [1.54, 1.807) is 7.05 Å². The molecule has 0 aliphatic carbocycles. The van der Waals surface area contributed by atoms with Crippen LogP contribution in [0.1, 0.15) is 23.6 Å². The van der Waals surface area contributed by atoms with E-state index >= 15 is 0 Å². The first kappa shape index (κ1) is 20.6. The summed E-state index contributed by atoms with van der Waals surface area (Å²) < 4.78 is 5.63. The van der Waals surface area contributed by atoms with Crippen molar-refractivity contribution in [1.29, 1.82) is 0 Å². The Labute approximate surface area is 172 Å². The molecule has 0 radical (unpaired) electrons. The number of hydrogen-bond acceptors (Lipinski definition) is 3. The Kier molecular flexibility index (Phi) is 7.71. The maximum absolute atomic E-state index is 6.22. The summed E-state index contributed by atoms with van der Waals surface area (Å²) >= 11 is 6.22. The average molecular weight is 401 g/mol. The maximum atomic E-state index is 6.22. The van der Waals surface area contributed by atoms with E-state index in [-0.39, 0.29) is 0 Å². The van der Waals surface area contributed by atoms with Crippen molar-refractivity contribution < 1.29 is 4.74 Å². The number of guanidine groups is 1. The lowest BCUT2D eigenvalue weighted by atomic mass is 10.1. The van der Waals surface area contributed by atoms with E-state index in [0.29, 0.717) is 12.6 Å². The van der Waals surface area contributed by atoms with Crippen molar-refractivity contribution in [2.24, 2.45) is 4.99 Å². The van der Waals surface area contributed by atoms with Gasteiger partial charge in [-0.1, -0.05) is 54.1 Å². The van der Waals surface area contributed by atoms with Crippen molar-refractivity contribution in [2.75, 3.05) is 26.7 Å². The van der Waals surface area contributed by atoms with Crippen molar-refractivity contribution in [2.45, 2.75) is 32.7 Å². The van der Waals surface area contributed by atoms with Gasteiger partial charge in [0, 0.05) is 44.8 Å². The van der Waals surface area contributed by atoms with Gasteiger partial charge in [-0.05, 0) is 29.7 Å². The number of rotatable bonds is 6. The lowest BCUT2D eigenvalue weighted by molar-refractivity contribution is -0.0212. The van der Waals surface area contributed by atoms with Crippen LogP contribution in [0.15, 0.2) is 53.5 Å². The molecule has 0 aromatic heterocycles.